The van der Waals surface area contributed by atoms with Crippen LogP contribution < -0.4 is 0 Å². The molecule has 0 radical (unpaired) electrons. The fourth-order valence-electron chi connectivity index (χ4n) is 3.65. The first kappa shape index (κ1) is 15.4. The van der Waals surface area contributed by atoms with Crippen molar-refractivity contribution in [3.8, 4) is 0 Å². The van der Waals surface area contributed by atoms with E-state index in [4.69, 9.17) is 0 Å². The Hall–Kier alpha value is -2.18. The van der Waals surface area contributed by atoms with Crippen molar-refractivity contribution < 1.29 is 5.11 Å². The van der Waals surface area contributed by atoms with Crippen LogP contribution in [-0.2, 0) is 13.6 Å². The SMILES string of the molecule is Cn1ccnc1C(O)C1CCN(Cc2cnn3ccccc23)CC1. The summed E-state index contributed by atoms with van der Waals surface area (Å²) in [5, 5.41) is 15.0. The first-order valence-electron chi connectivity index (χ1n) is 8.51. The molecule has 1 N–H and O–H groups in total. The zero-order valence-electron chi connectivity index (χ0n) is 13.9. The summed E-state index contributed by atoms with van der Waals surface area (Å²) >= 11 is 0. The van der Waals surface area contributed by atoms with Gasteiger partial charge >= 0.3 is 0 Å². The highest BCUT2D eigenvalue weighted by atomic mass is 16.3. The smallest absolute Gasteiger partial charge is 0.137 e. The highest BCUT2D eigenvalue weighted by Crippen LogP contribution is 2.30. The molecule has 6 nitrogen and oxygen atoms in total. The van der Waals surface area contributed by atoms with Crippen molar-refractivity contribution in [2.75, 3.05) is 13.1 Å². The van der Waals surface area contributed by atoms with Gasteiger partial charge in [0, 0.05) is 37.7 Å². The average molecular weight is 325 g/mol. The predicted octanol–water partition coefficient (Wildman–Crippen LogP) is 2.01. The number of piperidine rings is 1. The van der Waals surface area contributed by atoms with E-state index in [0.717, 1.165) is 38.3 Å². The van der Waals surface area contributed by atoms with Gasteiger partial charge in [-0.1, -0.05) is 6.07 Å². The highest BCUT2D eigenvalue weighted by Gasteiger charge is 2.28. The van der Waals surface area contributed by atoms with Crippen molar-refractivity contribution in [1.82, 2.24) is 24.1 Å². The number of rotatable bonds is 4. The number of fused-ring (bicyclic) bond motifs is 1. The van der Waals surface area contributed by atoms with E-state index >= 15 is 0 Å². The van der Waals surface area contributed by atoms with E-state index in [0.29, 0.717) is 0 Å². The molecule has 1 fully saturated rings. The summed E-state index contributed by atoms with van der Waals surface area (Å²) in [4.78, 5) is 6.74. The molecule has 4 rings (SSSR count). The Bertz CT molecular complexity index is 816. The van der Waals surface area contributed by atoms with Gasteiger partial charge in [0.25, 0.3) is 0 Å². The zero-order chi connectivity index (χ0) is 16.5. The van der Waals surface area contributed by atoms with Crippen LogP contribution in [0.2, 0.25) is 0 Å². The van der Waals surface area contributed by atoms with Gasteiger partial charge in [-0.3, -0.25) is 4.90 Å². The molecule has 0 saturated carbocycles. The number of aliphatic hydroxyl groups is 1. The number of hydrogen-bond acceptors (Lipinski definition) is 4. The molecule has 0 bridgehead atoms. The Morgan fingerprint density at radius 1 is 1.25 bits per heavy atom. The topological polar surface area (TPSA) is 58.6 Å². The predicted molar refractivity (Wildman–Crippen MR) is 91.4 cm³/mol. The van der Waals surface area contributed by atoms with Gasteiger partial charge in [-0.15, -0.1) is 0 Å². The molecule has 1 aliphatic rings. The molecule has 1 saturated heterocycles. The Morgan fingerprint density at radius 2 is 2.08 bits per heavy atom. The van der Waals surface area contributed by atoms with Crippen molar-refractivity contribution in [3.05, 3.63) is 54.4 Å². The summed E-state index contributed by atoms with van der Waals surface area (Å²) < 4.78 is 3.84. The molecule has 1 atom stereocenters. The van der Waals surface area contributed by atoms with E-state index in [1.54, 1.807) is 6.20 Å². The van der Waals surface area contributed by atoms with Crippen LogP contribution in [0, 0.1) is 5.92 Å². The molecular formula is C18H23N5O. The van der Waals surface area contributed by atoms with Crippen LogP contribution in [0.15, 0.2) is 43.0 Å². The van der Waals surface area contributed by atoms with E-state index in [1.165, 1.54) is 11.1 Å². The largest absolute Gasteiger partial charge is 0.385 e. The molecule has 3 aromatic heterocycles. The molecule has 0 aliphatic carbocycles. The molecule has 4 heterocycles. The second-order valence-electron chi connectivity index (χ2n) is 6.66. The minimum Gasteiger partial charge on any atom is -0.385 e. The number of nitrogens with zero attached hydrogens (tertiary/aromatic N) is 5. The lowest BCUT2D eigenvalue weighted by Crippen LogP contribution is -2.35. The highest BCUT2D eigenvalue weighted by molar-refractivity contribution is 5.53. The Kier molecular flexibility index (Phi) is 4.08. The maximum atomic E-state index is 10.6. The monoisotopic (exact) mass is 325 g/mol. The molecule has 0 spiro atoms. The van der Waals surface area contributed by atoms with Crippen LogP contribution in [0.1, 0.15) is 30.3 Å². The maximum Gasteiger partial charge on any atom is 0.137 e. The fourth-order valence-corrected chi connectivity index (χ4v) is 3.65. The quantitative estimate of drug-likeness (QED) is 0.797. The molecule has 6 heteroatoms. The fraction of sp³-hybridized carbons (Fsp3) is 0.444. The van der Waals surface area contributed by atoms with Crippen molar-refractivity contribution in [2.24, 2.45) is 13.0 Å². The van der Waals surface area contributed by atoms with Crippen LogP contribution >= 0.6 is 0 Å². The van der Waals surface area contributed by atoms with E-state index in [2.05, 4.69) is 27.1 Å². The number of aliphatic hydroxyl groups excluding tert-OH is 1. The van der Waals surface area contributed by atoms with Gasteiger partial charge in [-0.2, -0.15) is 5.10 Å². The summed E-state index contributed by atoms with van der Waals surface area (Å²) in [6.45, 7) is 2.91. The van der Waals surface area contributed by atoms with Gasteiger partial charge in [-0.25, -0.2) is 9.50 Å². The van der Waals surface area contributed by atoms with Crippen LogP contribution in [0.5, 0.6) is 0 Å². The number of hydrogen-bond donors (Lipinski definition) is 1. The number of imidazole rings is 1. The van der Waals surface area contributed by atoms with Crippen molar-refractivity contribution in [3.63, 3.8) is 0 Å². The maximum absolute atomic E-state index is 10.6. The normalized spacial score (nSPS) is 18.2. The van der Waals surface area contributed by atoms with E-state index < -0.39 is 6.10 Å². The molecule has 126 valence electrons. The second-order valence-corrected chi connectivity index (χ2v) is 6.66. The van der Waals surface area contributed by atoms with E-state index in [1.807, 2.05) is 40.8 Å². The second kappa shape index (κ2) is 6.37. The first-order valence-corrected chi connectivity index (χ1v) is 8.51. The minimum atomic E-state index is -0.468. The lowest BCUT2D eigenvalue weighted by molar-refractivity contribution is 0.0493. The van der Waals surface area contributed by atoms with Crippen LogP contribution in [0.4, 0.5) is 0 Å². The molecule has 0 aromatic carbocycles. The van der Waals surface area contributed by atoms with Gasteiger partial charge in [0.1, 0.15) is 11.9 Å². The third kappa shape index (κ3) is 2.83. The standard InChI is InChI=1S/C18H23N5O/c1-21-11-7-19-18(21)17(24)14-5-9-22(10-6-14)13-15-12-20-23-8-3-2-4-16(15)23/h2-4,7-8,11-12,14,17,24H,5-6,9-10,13H2,1H3. The third-order valence-electron chi connectivity index (χ3n) is 5.10. The van der Waals surface area contributed by atoms with Gasteiger partial charge in [0.15, 0.2) is 0 Å². The van der Waals surface area contributed by atoms with Crippen LogP contribution in [0.3, 0.4) is 0 Å². The van der Waals surface area contributed by atoms with Crippen molar-refractivity contribution in [1.29, 1.82) is 0 Å². The van der Waals surface area contributed by atoms with Gasteiger partial charge in [-0.05, 0) is 44.0 Å². The van der Waals surface area contributed by atoms with Gasteiger partial charge < -0.3 is 9.67 Å². The Labute approximate surface area is 141 Å². The zero-order valence-corrected chi connectivity index (χ0v) is 13.9. The van der Waals surface area contributed by atoms with Crippen LogP contribution in [-0.4, -0.2) is 42.3 Å². The summed E-state index contributed by atoms with van der Waals surface area (Å²) in [6.07, 6.45) is 9.10. The van der Waals surface area contributed by atoms with E-state index in [9.17, 15) is 5.11 Å². The number of aromatic nitrogens is 4. The number of likely N-dealkylation sites (tertiary alicyclic amines) is 1. The lowest BCUT2D eigenvalue weighted by Gasteiger charge is -2.33. The van der Waals surface area contributed by atoms with E-state index in [-0.39, 0.29) is 5.92 Å². The van der Waals surface area contributed by atoms with Gasteiger partial charge in [0.2, 0.25) is 0 Å². The lowest BCUT2D eigenvalue weighted by atomic mass is 9.90. The minimum absolute atomic E-state index is 0.284. The van der Waals surface area contributed by atoms with Crippen molar-refractivity contribution >= 4 is 5.52 Å². The molecule has 24 heavy (non-hydrogen) atoms. The molecule has 1 unspecified atom stereocenters. The summed E-state index contributed by atoms with van der Waals surface area (Å²) in [6, 6.07) is 6.16. The number of pyridine rings is 1. The Morgan fingerprint density at radius 3 is 2.83 bits per heavy atom. The first-order chi connectivity index (χ1) is 11.7. The summed E-state index contributed by atoms with van der Waals surface area (Å²) in [5.74, 6) is 1.06. The molecular weight excluding hydrogens is 302 g/mol. The molecule has 3 aromatic rings. The summed E-state index contributed by atoms with van der Waals surface area (Å²) in [5.41, 5.74) is 2.44. The van der Waals surface area contributed by atoms with Crippen LogP contribution in [0.25, 0.3) is 5.52 Å². The molecule has 0 amide bonds. The summed E-state index contributed by atoms with van der Waals surface area (Å²) in [7, 11) is 1.94. The molecule has 1 aliphatic heterocycles. The average Bonchev–Trinajstić information content (AvgIpc) is 3.22. The Balaban J connectivity index is 1.39. The third-order valence-corrected chi connectivity index (χ3v) is 5.10. The van der Waals surface area contributed by atoms with Crippen molar-refractivity contribution in [2.45, 2.75) is 25.5 Å². The number of aryl methyl sites for hydroxylation is 1. The van der Waals surface area contributed by atoms with Gasteiger partial charge in [0.05, 0.1) is 11.7 Å².